The van der Waals surface area contributed by atoms with Crippen molar-refractivity contribution < 1.29 is 17.4 Å². The first-order valence-electron chi connectivity index (χ1n) is 6.91. The first-order chi connectivity index (χ1) is 11.7. The molecular weight excluding hydrogens is 353 g/mol. The number of nitrogens with one attached hydrogen (secondary N) is 1. The van der Waals surface area contributed by atoms with Gasteiger partial charge in [-0.1, -0.05) is 6.07 Å². The number of nitrogens with two attached hydrogens (primary N) is 1. The summed E-state index contributed by atoms with van der Waals surface area (Å²) < 4.78 is 54.5. The third kappa shape index (κ3) is 3.35. The van der Waals surface area contributed by atoms with Gasteiger partial charge in [0.15, 0.2) is 5.69 Å². The summed E-state index contributed by atoms with van der Waals surface area (Å²) >= 11 is 0. The van der Waals surface area contributed by atoms with Crippen molar-refractivity contribution in [3.63, 3.8) is 0 Å². The van der Waals surface area contributed by atoms with Gasteiger partial charge in [-0.3, -0.25) is 0 Å². The van der Waals surface area contributed by atoms with Gasteiger partial charge >= 0.3 is 6.18 Å². The molecule has 3 N–H and O–H groups in total. The highest BCUT2D eigenvalue weighted by Gasteiger charge is 2.30. The van der Waals surface area contributed by atoms with Crippen LogP contribution >= 0.6 is 0 Å². The van der Waals surface area contributed by atoms with Crippen LogP contribution in [0.4, 0.5) is 24.5 Å². The lowest BCUT2D eigenvalue weighted by Gasteiger charge is -2.08. The zero-order valence-corrected chi connectivity index (χ0v) is 13.4. The second-order valence-electron chi connectivity index (χ2n) is 5.20. The minimum absolute atomic E-state index is 0.0174. The summed E-state index contributed by atoms with van der Waals surface area (Å²) in [5, 5.41) is 6.31. The smallest absolute Gasteiger partial charge is 0.359 e. The number of halogens is 3. The predicted octanol–water partition coefficient (Wildman–Crippen LogP) is 4.77. The van der Waals surface area contributed by atoms with Gasteiger partial charge in [-0.15, -0.1) is 0 Å². The monoisotopic (exact) mass is 364 g/mol. The standard InChI is InChI=1S/C16H11F3N4OS/c1-21-11-4-7-14-13(8-11)15(9-22-14)23-25(20,24)12-5-2-10(3-6-12)16(17,18)19/h2-9,22H,(H2,20,23,24). The molecule has 1 unspecified atom stereocenters. The van der Waals surface area contributed by atoms with Crippen molar-refractivity contribution in [2.45, 2.75) is 11.1 Å². The van der Waals surface area contributed by atoms with Gasteiger partial charge in [0.1, 0.15) is 9.92 Å². The van der Waals surface area contributed by atoms with Gasteiger partial charge in [-0.05, 0) is 36.4 Å². The second-order valence-corrected chi connectivity index (χ2v) is 6.99. The molecule has 0 aliphatic rings. The van der Waals surface area contributed by atoms with Crippen LogP contribution in [0.25, 0.3) is 15.7 Å². The number of H-pyrrole nitrogens is 1. The molecule has 3 aromatic rings. The third-order valence-corrected chi connectivity index (χ3v) is 4.94. The number of benzene rings is 2. The molecule has 0 spiro atoms. The van der Waals surface area contributed by atoms with E-state index in [0.29, 0.717) is 16.6 Å². The summed E-state index contributed by atoms with van der Waals surface area (Å²) in [6.07, 6.45) is -3.01. The summed E-state index contributed by atoms with van der Waals surface area (Å²) in [7, 11) is -3.45. The number of fused-ring (bicyclic) bond motifs is 1. The van der Waals surface area contributed by atoms with Crippen LogP contribution < -0.4 is 5.14 Å². The number of alkyl halides is 3. The summed E-state index contributed by atoms with van der Waals surface area (Å²) in [4.78, 5) is 6.21. The molecule has 0 saturated carbocycles. The van der Waals surface area contributed by atoms with Crippen LogP contribution in [0, 0.1) is 6.57 Å². The van der Waals surface area contributed by atoms with Crippen molar-refractivity contribution in [2.24, 2.45) is 9.50 Å². The Hall–Kier alpha value is -2.83. The minimum Gasteiger partial charge on any atom is -0.359 e. The van der Waals surface area contributed by atoms with Crippen molar-refractivity contribution in [3.8, 4) is 0 Å². The molecular formula is C16H11F3N4OS. The average Bonchev–Trinajstić information content (AvgIpc) is 2.95. The Kier molecular flexibility index (Phi) is 4.02. The number of rotatable bonds is 2. The van der Waals surface area contributed by atoms with Crippen LogP contribution in [0.3, 0.4) is 0 Å². The third-order valence-electron chi connectivity index (χ3n) is 3.53. The molecule has 0 fully saturated rings. The highest BCUT2D eigenvalue weighted by molar-refractivity contribution is 7.91. The zero-order chi connectivity index (χ0) is 18.2. The van der Waals surface area contributed by atoms with Crippen molar-refractivity contribution in [1.29, 1.82) is 0 Å². The van der Waals surface area contributed by atoms with E-state index >= 15 is 0 Å². The van der Waals surface area contributed by atoms with Gasteiger partial charge in [-0.25, -0.2) is 14.2 Å². The zero-order valence-electron chi connectivity index (χ0n) is 12.5. The van der Waals surface area contributed by atoms with Gasteiger partial charge in [0.2, 0.25) is 0 Å². The maximum absolute atomic E-state index is 12.7. The number of hydrogen-bond donors (Lipinski definition) is 2. The van der Waals surface area contributed by atoms with E-state index in [1.165, 1.54) is 6.20 Å². The SMILES string of the molecule is [C-]#[N+]c1ccc2[nH]cc(N=S(N)(=O)c3ccc(C(F)(F)F)cc3)c2c1. The largest absolute Gasteiger partial charge is 0.416 e. The predicted molar refractivity (Wildman–Crippen MR) is 88.7 cm³/mol. The van der Waals surface area contributed by atoms with Gasteiger partial charge in [-0.2, -0.15) is 17.5 Å². The first-order valence-corrected chi connectivity index (χ1v) is 8.49. The molecule has 1 atom stereocenters. The fraction of sp³-hybridized carbons (Fsp3) is 0.0625. The Morgan fingerprint density at radius 1 is 1.16 bits per heavy atom. The Bertz CT molecular complexity index is 1100. The van der Waals surface area contributed by atoms with E-state index in [-0.39, 0.29) is 10.6 Å². The number of nitrogens with zero attached hydrogens (tertiary/aromatic N) is 2. The molecule has 0 amide bonds. The average molecular weight is 364 g/mol. The normalized spacial score (nSPS) is 14.0. The number of aromatic nitrogens is 1. The van der Waals surface area contributed by atoms with Gasteiger partial charge in [0.25, 0.3) is 0 Å². The Morgan fingerprint density at radius 3 is 2.44 bits per heavy atom. The summed E-state index contributed by atoms with van der Waals surface area (Å²) in [6, 6.07) is 8.58. The number of aromatic amines is 1. The molecule has 0 radical (unpaired) electrons. The lowest BCUT2D eigenvalue weighted by atomic mass is 10.2. The minimum atomic E-state index is -4.49. The second kappa shape index (κ2) is 5.91. The van der Waals surface area contributed by atoms with Crippen LogP contribution in [0.1, 0.15) is 5.56 Å². The Labute approximate surface area is 141 Å². The van der Waals surface area contributed by atoms with Gasteiger partial charge < -0.3 is 4.98 Å². The van der Waals surface area contributed by atoms with Gasteiger partial charge in [0.05, 0.1) is 22.7 Å². The van der Waals surface area contributed by atoms with E-state index < -0.39 is 21.7 Å². The fourth-order valence-corrected chi connectivity index (χ4v) is 3.35. The highest BCUT2D eigenvalue weighted by Crippen LogP contribution is 2.32. The van der Waals surface area contributed by atoms with Crippen LogP contribution in [0.5, 0.6) is 0 Å². The van der Waals surface area contributed by atoms with E-state index in [1.54, 1.807) is 18.2 Å². The molecule has 1 aromatic heterocycles. The van der Waals surface area contributed by atoms with E-state index in [2.05, 4.69) is 14.2 Å². The lowest BCUT2D eigenvalue weighted by molar-refractivity contribution is -0.137. The Morgan fingerprint density at radius 2 is 1.84 bits per heavy atom. The van der Waals surface area contributed by atoms with Crippen molar-refractivity contribution >= 4 is 32.2 Å². The molecule has 1 heterocycles. The molecule has 2 aromatic carbocycles. The number of hydrogen-bond acceptors (Lipinski definition) is 2. The summed E-state index contributed by atoms with van der Waals surface area (Å²) in [5.41, 5.74) is 0.462. The molecule has 128 valence electrons. The van der Waals surface area contributed by atoms with Crippen molar-refractivity contribution in [2.75, 3.05) is 0 Å². The van der Waals surface area contributed by atoms with E-state index in [4.69, 9.17) is 11.7 Å². The molecule has 9 heteroatoms. The van der Waals surface area contributed by atoms with Crippen LogP contribution in [0.2, 0.25) is 0 Å². The van der Waals surface area contributed by atoms with E-state index in [1.807, 2.05) is 0 Å². The molecule has 25 heavy (non-hydrogen) atoms. The quantitative estimate of drug-likeness (QED) is 0.632. The van der Waals surface area contributed by atoms with Crippen molar-refractivity contribution in [1.82, 2.24) is 4.98 Å². The van der Waals surface area contributed by atoms with Crippen LogP contribution in [-0.2, 0) is 16.1 Å². The van der Waals surface area contributed by atoms with Crippen LogP contribution in [0.15, 0.2) is 57.9 Å². The lowest BCUT2D eigenvalue weighted by Crippen LogP contribution is -2.13. The highest BCUT2D eigenvalue weighted by atomic mass is 32.2. The maximum atomic E-state index is 12.7. The first kappa shape index (κ1) is 17.0. The summed E-state index contributed by atoms with van der Waals surface area (Å²) in [6.45, 7) is 7.04. The van der Waals surface area contributed by atoms with E-state index in [9.17, 15) is 17.4 Å². The molecule has 3 rings (SSSR count). The molecule has 0 saturated heterocycles. The fourth-order valence-electron chi connectivity index (χ4n) is 2.28. The Balaban J connectivity index is 2.08. The summed E-state index contributed by atoms with van der Waals surface area (Å²) in [5.74, 6) is 0. The molecule has 0 bridgehead atoms. The van der Waals surface area contributed by atoms with E-state index in [0.717, 1.165) is 24.3 Å². The topological polar surface area (TPSA) is 75.6 Å². The molecule has 0 aliphatic heterocycles. The molecule has 0 aliphatic carbocycles. The molecule has 5 nitrogen and oxygen atoms in total. The van der Waals surface area contributed by atoms with Gasteiger partial charge in [0, 0.05) is 17.1 Å². The van der Waals surface area contributed by atoms with Crippen LogP contribution in [-0.4, -0.2) is 9.19 Å². The maximum Gasteiger partial charge on any atom is 0.416 e. The van der Waals surface area contributed by atoms with Crippen molar-refractivity contribution in [3.05, 3.63) is 65.6 Å².